The lowest BCUT2D eigenvalue weighted by atomic mass is 9.94. The van der Waals surface area contributed by atoms with Gasteiger partial charge < -0.3 is 15.7 Å². The molecule has 0 aromatic carbocycles. The van der Waals surface area contributed by atoms with Gasteiger partial charge in [0.15, 0.2) is 5.96 Å². The number of nitrogens with one attached hydrogen (secondary N) is 2. The van der Waals surface area contributed by atoms with Crippen molar-refractivity contribution in [3.05, 3.63) is 30.1 Å². The van der Waals surface area contributed by atoms with Crippen LogP contribution in [0.3, 0.4) is 0 Å². The summed E-state index contributed by atoms with van der Waals surface area (Å²) in [4.78, 5) is 9.00. The number of aromatic nitrogens is 1. The molecule has 0 spiro atoms. The molecule has 0 saturated carbocycles. The molecule has 0 bridgehead atoms. The molecule has 0 aliphatic carbocycles. The maximum atomic E-state index is 9.20. The second kappa shape index (κ2) is 11.9. The highest BCUT2D eigenvalue weighted by atomic mass is 16.3. The van der Waals surface area contributed by atoms with E-state index in [4.69, 9.17) is 0 Å². The van der Waals surface area contributed by atoms with Crippen molar-refractivity contribution < 1.29 is 5.11 Å². The van der Waals surface area contributed by atoms with Crippen molar-refractivity contribution in [2.24, 2.45) is 16.8 Å². The van der Waals surface area contributed by atoms with Gasteiger partial charge in [0.05, 0.1) is 0 Å². The van der Waals surface area contributed by atoms with Gasteiger partial charge in [-0.2, -0.15) is 0 Å². The average molecular weight is 320 g/mol. The molecule has 0 saturated heterocycles. The summed E-state index contributed by atoms with van der Waals surface area (Å²) in [5, 5.41) is 15.8. The third kappa shape index (κ3) is 9.18. The summed E-state index contributed by atoms with van der Waals surface area (Å²) in [5.74, 6) is 1.91. The highest BCUT2D eigenvalue weighted by molar-refractivity contribution is 5.79. The van der Waals surface area contributed by atoms with E-state index in [-0.39, 0.29) is 6.61 Å². The first-order chi connectivity index (χ1) is 11.2. The zero-order chi connectivity index (χ0) is 16.9. The lowest BCUT2D eigenvalue weighted by Crippen LogP contribution is -2.38. The van der Waals surface area contributed by atoms with Gasteiger partial charge in [-0.05, 0) is 43.7 Å². The number of hydrogen-bond donors (Lipinski definition) is 3. The summed E-state index contributed by atoms with van der Waals surface area (Å²) in [7, 11) is 0. The van der Waals surface area contributed by atoms with E-state index in [0.717, 1.165) is 50.6 Å². The summed E-state index contributed by atoms with van der Waals surface area (Å²) in [6, 6.07) is 5.97. The molecule has 1 atom stereocenters. The molecule has 1 rings (SSSR count). The van der Waals surface area contributed by atoms with Crippen molar-refractivity contribution in [3.63, 3.8) is 0 Å². The van der Waals surface area contributed by atoms with Crippen molar-refractivity contribution in [3.8, 4) is 0 Å². The number of pyridine rings is 1. The van der Waals surface area contributed by atoms with E-state index in [1.807, 2.05) is 24.4 Å². The van der Waals surface area contributed by atoms with Crippen molar-refractivity contribution in [1.29, 1.82) is 0 Å². The summed E-state index contributed by atoms with van der Waals surface area (Å²) < 4.78 is 0. The molecule has 1 aromatic heterocycles. The average Bonchev–Trinajstić information content (AvgIpc) is 2.53. The molecule has 3 N–H and O–H groups in total. The largest absolute Gasteiger partial charge is 0.396 e. The Morgan fingerprint density at radius 3 is 2.74 bits per heavy atom. The smallest absolute Gasteiger partial charge is 0.191 e. The molecule has 1 heterocycles. The number of aliphatic hydroxyl groups excluding tert-OH is 1. The fraction of sp³-hybridized carbons (Fsp3) is 0.667. The molecule has 0 fully saturated rings. The Balaban J connectivity index is 2.47. The van der Waals surface area contributed by atoms with Crippen LogP contribution in [0.5, 0.6) is 0 Å². The predicted octanol–water partition coefficient (Wildman–Crippen LogP) is 2.22. The van der Waals surface area contributed by atoms with Crippen LogP contribution in [-0.2, 0) is 6.42 Å². The quantitative estimate of drug-likeness (QED) is 0.457. The van der Waals surface area contributed by atoms with Gasteiger partial charge >= 0.3 is 0 Å². The number of aliphatic hydroxyl groups is 1. The fourth-order valence-electron chi connectivity index (χ4n) is 2.55. The SMILES string of the molecule is CCNC(=NCC(CCO)CC(C)C)NCCc1ccccn1. The summed E-state index contributed by atoms with van der Waals surface area (Å²) in [6.07, 6.45) is 4.60. The first-order valence-corrected chi connectivity index (χ1v) is 8.68. The maximum Gasteiger partial charge on any atom is 0.191 e. The number of guanidine groups is 1. The summed E-state index contributed by atoms with van der Waals surface area (Å²) in [5.41, 5.74) is 1.08. The van der Waals surface area contributed by atoms with Crippen LogP contribution in [0.2, 0.25) is 0 Å². The zero-order valence-corrected chi connectivity index (χ0v) is 14.8. The van der Waals surface area contributed by atoms with Crippen LogP contribution >= 0.6 is 0 Å². The van der Waals surface area contributed by atoms with E-state index in [0.29, 0.717) is 11.8 Å². The first-order valence-electron chi connectivity index (χ1n) is 8.68. The molecule has 0 aliphatic heterocycles. The van der Waals surface area contributed by atoms with E-state index < -0.39 is 0 Å². The minimum absolute atomic E-state index is 0.233. The molecule has 5 heteroatoms. The van der Waals surface area contributed by atoms with Gasteiger partial charge in [-0.3, -0.25) is 9.98 Å². The van der Waals surface area contributed by atoms with Gasteiger partial charge in [0.2, 0.25) is 0 Å². The summed E-state index contributed by atoms with van der Waals surface area (Å²) in [6.45, 7) is 9.11. The van der Waals surface area contributed by atoms with E-state index in [9.17, 15) is 5.11 Å². The minimum atomic E-state index is 0.233. The molecule has 0 radical (unpaired) electrons. The molecule has 0 aliphatic rings. The van der Waals surface area contributed by atoms with E-state index in [1.165, 1.54) is 0 Å². The predicted molar refractivity (Wildman–Crippen MR) is 96.6 cm³/mol. The Bertz CT molecular complexity index is 434. The van der Waals surface area contributed by atoms with E-state index in [2.05, 4.69) is 41.4 Å². The lowest BCUT2D eigenvalue weighted by molar-refractivity contribution is 0.245. The lowest BCUT2D eigenvalue weighted by Gasteiger charge is -2.17. The molecule has 130 valence electrons. The van der Waals surface area contributed by atoms with Crippen LogP contribution in [0.4, 0.5) is 0 Å². The van der Waals surface area contributed by atoms with Crippen molar-refractivity contribution in [2.45, 2.75) is 40.0 Å². The highest BCUT2D eigenvalue weighted by Crippen LogP contribution is 2.15. The minimum Gasteiger partial charge on any atom is -0.396 e. The number of hydrogen-bond acceptors (Lipinski definition) is 3. The molecular formula is C18H32N4O. The third-order valence-corrected chi connectivity index (χ3v) is 3.59. The van der Waals surface area contributed by atoms with Crippen LogP contribution in [0.1, 0.15) is 39.3 Å². The standard InChI is InChI=1S/C18H32N4O/c1-4-19-18(21-11-8-17-7-5-6-10-20-17)22-14-16(9-12-23)13-15(2)3/h5-7,10,15-16,23H,4,8-9,11-14H2,1-3H3,(H2,19,21,22). The van der Waals surface area contributed by atoms with Crippen LogP contribution < -0.4 is 10.6 Å². The number of rotatable bonds is 10. The van der Waals surface area contributed by atoms with Crippen LogP contribution in [-0.4, -0.2) is 42.3 Å². The van der Waals surface area contributed by atoms with Crippen LogP contribution in [0, 0.1) is 11.8 Å². The van der Waals surface area contributed by atoms with Crippen LogP contribution in [0.25, 0.3) is 0 Å². The van der Waals surface area contributed by atoms with E-state index in [1.54, 1.807) is 0 Å². The van der Waals surface area contributed by atoms with Gasteiger partial charge in [-0.15, -0.1) is 0 Å². The van der Waals surface area contributed by atoms with Gasteiger partial charge in [-0.25, -0.2) is 0 Å². The van der Waals surface area contributed by atoms with Crippen molar-refractivity contribution in [1.82, 2.24) is 15.6 Å². The maximum absolute atomic E-state index is 9.20. The molecule has 0 amide bonds. The molecule has 5 nitrogen and oxygen atoms in total. The first kappa shape index (κ1) is 19.4. The Morgan fingerprint density at radius 1 is 1.30 bits per heavy atom. The topological polar surface area (TPSA) is 69.5 Å². The van der Waals surface area contributed by atoms with Gasteiger partial charge in [0.25, 0.3) is 0 Å². The van der Waals surface area contributed by atoms with Crippen molar-refractivity contribution >= 4 is 5.96 Å². The second-order valence-electron chi connectivity index (χ2n) is 6.23. The Kier molecular flexibility index (Phi) is 10.0. The van der Waals surface area contributed by atoms with Crippen LogP contribution in [0.15, 0.2) is 29.4 Å². The van der Waals surface area contributed by atoms with E-state index >= 15 is 0 Å². The Hall–Kier alpha value is -1.62. The van der Waals surface area contributed by atoms with Crippen molar-refractivity contribution in [2.75, 3.05) is 26.2 Å². The molecule has 23 heavy (non-hydrogen) atoms. The number of aliphatic imine (C=N–C) groups is 1. The third-order valence-electron chi connectivity index (χ3n) is 3.59. The molecule has 1 unspecified atom stereocenters. The van der Waals surface area contributed by atoms with Gasteiger partial charge in [0, 0.05) is 44.6 Å². The number of nitrogens with zero attached hydrogens (tertiary/aromatic N) is 2. The molecular weight excluding hydrogens is 288 g/mol. The molecule has 1 aromatic rings. The fourth-order valence-corrected chi connectivity index (χ4v) is 2.55. The summed E-state index contributed by atoms with van der Waals surface area (Å²) >= 11 is 0. The highest BCUT2D eigenvalue weighted by Gasteiger charge is 2.10. The van der Waals surface area contributed by atoms with Gasteiger partial charge in [-0.1, -0.05) is 19.9 Å². The Labute approximate surface area is 140 Å². The second-order valence-corrected chi connectivity index (χ2v) is 6.23. The van der Waals surface area contributed by atoms with Gasteiger partial charge in [0.1, 0.15) is 0 Å². The normalized spacial score (nSPS) is 13.2. The monoisotopic (exact) mass is 320 g/mol. The Morgan fingerprint density at radius 2 is 2.13 bits per heavy atom. The zero-order valence-electron chi connectivity index (χ0n) is 14.8.